The fourth-order valence-electron chi connectivity index (χ4n) is 0.678. The zero-order valence-electron chi connectivity index (χ0n) is 6.22. The van der Waals surface area contributed by atoms with Crippen molar-refractivity contribution in [3.8, 4) is 0 Å². The van der Waals surface area contributed by atoms with Crippen LogP contribution in [0.15, 0.2) is 4.99 Å². The van der Waals surface area contributed by atoms with Crippen LogP contribution in [0.4, 0.5) is 0 Å². The number of ketones is 1. The third kappa shape index (κ3) is 3.01. The molecule has 0 aliphatic heterocycles. The third-order valence-electron chi connectivity index (χ3n) is 1.18. The molecule has 0 saturated heterocycles. The van der Waals surface area contributed by atoms with Gasteiger partial charge in [0.2, 0.25) is 0 Å². The SMILES string of the molecule is CC=N[C@@H](CC)C(C)=O. The quantitative estimate of drug-likeness (QED) is 0.527. The van der Waals surface area contributed by atoms with E-state index in [-0.39, 0.29) is 11.8 Å². The normalized spacial score (nSPS) is 14.1. The smallest absolute Gasteiger partial charge is 0.154 e. The first-order chi connectivity index (χ1) is 4.22. The maximum Gasteiger partial charge on any atom is 0.154 e. The van der Waals surface area contributed by atoms with Crippen molar-refractivity contribution in [1.29, 1.82) is 0 Å². The van der Waals surface area contributed by atoms with E-state index in [9.17, 15) is 4.79 Å². The lowest BCUT2D eigenvalue weighted by Crippen LogP contribution is -2.13. The summed E-state index contributed by atoms with van der Waals surface area (Å²) < 4.78 is 0. The largest absolute Gasteiger partial charge is 0.298 e. The fourth-order valence-corrected chi connectivity index (χ4v) is 0.678. The summed E-state index contributed by atoms with van der Waals surface area (Å²) in [5, 5.41) is 0. The van der Waals surface area contributed by atoms with Gasteiger partial charge in [0.25, 0.3) is 0 Å². The van der Waals surface area contributed by atoms with Gasteiger partial charge in [-0.2, -0.15) is 0 Å². The summed E-state index contributed by atoms with van der Waals surface area (Å²) >= 11 is 0. The van der Waals surface area contributed by atoms with Crippen LogP contribution in [-0.2, 0) is 4.79 Å². The molecule has 0 amide bonds. The lowest BCUT2D eigenvalue weighted by atomic mass is 10.2. The van der Waals surface area contributed by atoms with Gasteiger partial charge in [-0.05, 0) is 26.5 Å². The minimum Gasteiger partial charge on any atom is -0.298 e. The molecule has 0 rings (SSSR count). The molecule has 0 aliphatic rings. The average molecular weight is 127 g/mol. The Kier molecular flexibility index (Phi) is 3.93. The second-order valence-electron chi connectivity index (χ2n) is 1.94. The van der Waals surface area contributed by atoms with Crippen LogP contribution in [-0.4, -0.2) is 18.0 Å². The van der Waals surface area contributed by atoms with Crippen molar-refractivity contribution >= 4 is 12.0 Å². The molecule has 1 atom stereocenters. The number of nitrogens with zero attached hydrogens (tertiary/aromatic N) is 1. The minimum atomic E-state index is -0.102. The van der Waals surface area contributed by atoms with E-state index in [4.69, 9.17) is 0 Å². The van der Waals surface area contributed by atoms with Crippen LogP contribution in [0.1, 0.15) is 27.2 Å². The Hall–Kier alpha value is -0.660. The number of hydrogen-bond acceptors (Lipinski definition) is 2. The van der Waals surface area contributed by atoms with Crippen molar-refractivity contribution < 1.29 is 4.79 Å². The molecule has 2 nitrogen and oxygen atoms in total. The molecular weight excluding hydrogens is 114 g/mol. The van der Waals surface area contributed by atoms with Crippen LogP contribution >= 0.6 is 0 Å². The van der Waals surface area contributed by atoms with E-state index in [1.54, 1.807) is 13.1 Å². The Morgan fingerprint density at radius 3 is 2.44 bits per heavy atom. The van der Waals surface area contributed by atoms with E-state index >= 15 is 0 Å². The summed E-state index contributed by atoms with van der Waals surface area (Å²) in [5.41, 5.74) is 0. The number of rotatable bonds is 3. The highest BCUT2D eigenvalue weighted by atomic mass is 16.1. The van der Waals surface area contributed by atoms with Gasteiger partial charge in [0.15, 0.2) is 5.78 Å². The van der Waals surface area contributed by atoms with Gasteiger partial charge < -0.3 is 0 Å². The molecule has 52 valence electrons. The first-order valence-corrected chi connectivity index (χ1v) is 3.20. The molecule has 0 spiro atoms. The number of carbonyl (C=O) groups is 1. The van der Waals surface area contributed by atoms with Crippen molar-refractivity contribution in [3.63, 3.8) is 0 Å². The number of Topliss-reactive ketones (excluding diaryl/α,β-unsaturated/α-hetero) is 1. The predicted molar refractivity (Wildman–Crippen MR) is 38.9 cm³/mol. The second-order valence-corrected chi connectivity index (χ2v) is 1.94. The summed E-state index contributed by atoms with van der Waals surface area (Å²) in [6.07, 6.45) is 2.48. The first-order valence-electron chi connectivity index (χ1n) is 3.20. The molecule has 0 aromatic rings. The maximum absolute atomic E-state index is 10.7. The van der Waals surface area contributed by atoms with Gasteiger partial charge in [0, 0.05) is 0 Å². The molecule has 0 aromatic carbocycles. The minimum absolute atomic E-state index is 0.102. The van der Waals surface area contributed by atoms with Crippen LogP contribution in [0.3, 0.4) is 0 Å². The Bertz CT molecular complexity index is 118. The molecule has 0 heterocycles. The Balaban J connectivity index is 3.83. The highest BCUT2D eigenvalue weighted by Crippen LogP contribution is 1.96. The van der Waals surface area contributed by atoms with E-state index in [2.05, 4.69) is 4.99 Å². The van der Waals surface area contributed by atoms with Crippen LogP contribution < -0.4 is 0 Å². The maximum atomic E-state index is 10.7. The molecule has 0 bridgehead atoms. The molecule has 0 aliphatic carbocycles. The fraction of sp³-hybridized carbons (Fsp3) is 0.714. The van der Waals surface area contributed by atoms with Crippen LogP contribution in [0.2, 0.25) is 0 Å². The summed E-state index contributed by atoms with van der Waals surface area (Å²) in [6, 6.07) is -0.102. The van der Waals surface area contributed by atoms with Crippen molar-refractivity contribution in [2.75, 3.05) is 0 Å². The van der Waals surface area contributed by atoms with Crippen LogP contribution in [0, 0.1) is 0 Å². The Labute approximate surface area is 56.0 Å². The molecule has 0 fully saturated rings. The number of aliphatic imine (C=N–C) groups is 1. The van der Waals surface area contributed by atoms with Crippen LogP contribution in [0.5, 0.6) is 0 Å². The summed E-state index contributed by atoms with van der Waals surface area (Å²) in [4.78, 5) is 14.6. The number of hydrogen-bond donors (Lipinski definition) is 0. The molecule has 2 heteroatoms. The van der Waals surface area contributed by atoms with Gasteiger partial charge in [-0.3, -0.25) is 9.79 Å². The lowest BCUT2D eigenvalue weighted by Gasteiger charge is -2.01. The summed E-state index contributed by atoms with van der Waals surface area (Å²) in [7, 11) is 0. The number of carbonyl (C=O) groups excluding carboxylic acids is 1. The van der Waals surface area contributed by atoms with Gasteiger partial charge in [0.05, 0.1) is 0 Å². The molecule has 0 N–H and O–H groups in total. The molecule has 0 radical (unpaired) electrons. The van der Waals surface area contributed by atoms with E-state index < -0.39 is 0 Å². The van der Waals surface area contributed by atoms with Gasteiger partial charge >= 0.3 is 0 Å². The van der Waals surface area contributed by atoms with E-state index in [1.165, 1.54) is 0 Å². The summed E-state index contributed by atoms with van der Waals surface area (Å²) in [6.45, 7) is 5.35. The highest BCUT2D eigenvalue weighted by molar-refractivity contribution is 5.82. The van der Waals surface area contributed by atoms with Crippen molar-refractivity contribution in [2.24, 2.45) is 4.99 Å². The van der Waals surface area contributed by atoms with Gasteiger partial charge in [-0.1, -0.05) is 6.92 Å². The highest BCUT2D eigenvalue weighted by Gasteiger charge is 2.06. The Morgan fingerprint density at radius 1 is 1.78 bits per heavy atom. The topological polar surface area (TPSA) is 29.4 Å². The lowest BCUT2D eigenvalue weighted by molar-refractivity contribution is -0.118. The monoisotopic (exact) mass is 127 g/mol. The molecular formula is C7H13NO. The second kappa shape index (κ2) is 4.24. The van der Waals surface area contributed by atoms with Gasteiger partial charge in [-0.15, -0.1) is 0 Å². The van der Waals surface area contributed by atoms with Gasteiger partial charge in [-0.25, -0.2) is 0 Å². The zero-order chi connectivity index (χ0) is 7.28. The Morgan fingerprint density at radius 2 is 2.33 bits per heavy atom. The standard InChI is InChI=1S/C7H13NO/c1-4-7(6(3)9)8-5-2/h5,7H,4H2,1-3H3/t7-/m0/s1. The average Bonchev–Trinajstić information content (AvgIpc) is 1.82. The van der Waals surface area contributed by atoms with Crippen molar-refractivity contribution in [1.82, 2.24) is 0 Å². The van der Waals surface area contributed by atoms with Crippen molar-refractivity contribution in [3.05, 3.63) is 0 Å². The first kappa shape index (κ1) is 8.34. The third-order valence-corrected chi connectivity index (χ3v) is 1.18. The molecule has 0 aromatic heterocycles. The predicted octanol–water partition coefficient (Wildman–Crippen LogP) is 1.44. The van der Waals surface area contributed by atoms with E-state index in [0.717, 1.165) is 6.42 Å². The van der Waals surface area contributed by atoms with Crippen LogP contribution in [0.25, 0.3) is 0 Å². The molecule has 0 unspecified atom stereocenters. The molecule has 0 saturated carbocycles. The molecule has 9 heavy (non-hydrogen) atoms. The zero-order valence-corrected chi connectivity index (χ0v) is 6.22. The van der Waals surface area contributed by atoms with Gasteiger partial charge in [0.1, 0.15) is 6.04 Å². The summed E-state index contributed by atoms with van der Waals surface area (Å²) in [5.74, 6) is 0.149. The van der Waals surface area contributed by atoms with E-state index in [1.807, 2.05) is 13.8 Å². The van der Waals surface area contributed by atoms with E-state index in [0.29, 0.717) is 0 Å². The van der Waals surface area contributed by atoms with Crippen molar-refractivity contribution in [2.45, 2.75) is 33.2 Å².